The molecular formula is C21H18ClF2N3O2. The first-order valence-corrected chi connectivity index (χ1v) is 9.59. The van der Waals surface area contributed by atoms with Crippen LogP contribution in [0.3, 0.4) is 0 Å². The van der Waals surface area contributed by atoms with Gasteiger partial charge in [-0.3, -0.25) is 4.79 Å². The van der Waals surface area contributed by atoms with Gasteiger partial charge in [0.05, 0.1) is 17.4 Å². The van der Waals surface area contributed by atoms with Gasteiger partial charge in [0.25, 0.3) is 5.91 Å². The fraction of sp³-hybridized carbons (Fsp3) is 0.238. The molecule has 4 rings (SSSR count). The van der Waals surface area contributed by atoms with Crippen molar-refractivity contribution in [3.63, 3.8) is 0 Å². The molecule has 1 amide bonds. The van der Waals surface area contributed by atoms with E-state index in [1.807, 2.05) is 12.1 Å². The minimum absolute atomic E-state index is 0.0268. The lowest BCUT2D eigenvalue weighted by Gasteiger charge is -2.32. The topological polar surface area (TPSA) is 47.4 Å². The van der Waals surface area contributed by atoms with E-state index >= 15 is 0 Å². The lowest BCUT2D eigenvalue weighted by Crippen LogP contribution is -2.41. The second kappa shape index (κ2) is 8.21. The number of likely N-dealkylation sites (tertiary alicyclic amines) is 1. The summed E-state index contributed by atoms with van der Waals surface area (Å²) in [6.45, 7) is 0.962. The Morgan fingerprint density at radius 1 is 1.14 bits per heavy atom. The van der Waals surface area contributed by atoms with Crippen LogP contribution in [0.4, 0.5) is 8.78 Å². The van der Waals surface area contributed by atoms with Crippen LogP contribution >= 0.6 is 11.6 Å². The quantitative estimate of drug-likeness (QED) is 0.628. The van der Waals surface area contributed by atoms with E-state index in [0.29, 0.717) is 36.5 Å². The van der Waals surface area contributed by atoms with Gasteiger partial charge in [-0.25, -0.2) is 13.5 Å². The maximum absolute atomic E-state index is 13.8. The molecule has 0 aliphatic carbocycles. The number of rotatable bonds is 4. The van der Waals surface area contributed by atoms with Crippen LogP contribution in [0.5, 0.6) is 5.75 Å². The predicted octanol–water partition coefficient (Wildman–Crippen LogP) is 4.49. The average Bonchev–Trinajstić information content (AvgIpc) is 3.20. The van der Waals surface area contributed by atoms with Crippen molar-refractivity contribution in [3.05, 3.63) is 77.1 Å². The third-order valence-electron chi connectivity index (χ3n) is 4.82. The number of halogens is 3. The van der Waals surface area contributed by atoms with Crippen LogP contribution in [0.2, 0.25) is 5.02 Å². The standard InChI is InChI=1S/C21H18ClF2N3O2/c22-15-2-1-3-17(10-15)27-13-14(12-25-27)21(28)26-8-6-18(7-9-26)29-20-5-4-16(23)11-19(20)24/h1-5,10-13,18H,6-9H2. The Balaban J connectivity index is 1.37. The molecule has 1 aliphatic rings. The number of hydrogen-bond donors (Lipinski definition) is 0. The molecule has 3 aromatic rings. The summed E-state index contributed by atoms with van der Waals surface area (Å²) in [4.78, 5) is 14.5. The van der Waals surface area contributed by atoms with Gasteiger partial charge in [0.15, 0.2) is 11.6 Å². The normalized spacial score (nSPS) is 14.8. The summed E-state index contributed by atoms with van der Waals surface area (Å²) in [7, 11) is 0. The highest BCUT2D eigenvalue weighted by molar-refractivity contribution is 6.30. The number of nitrogens with zero attached hydrogens (tertiary/aromatic N) is 3. The summed E-state index contributed by atoms with van der Waals surface area (Å²) in [6.07, 6.45) is 4.09. The Labute approximate surface area is 171 Å². The number of carbonyl (C=O) groups is 1. The van der Waals surface area contributed by atoms with Crippen LogP contribution in [-0.4, -0.2) is 39.8 Å². The van der Waals surface area contributed by atoms with E-state index in [2.05, 4.69) is 5.10 Å². The van der Waals surface area contributed by atoms with Gasteiger partial charge >= 0.3 is 0 Å². The number of piperidine rings is 1. The largest absolute Gasteiger partial charge is 0.487 e. The molecule has 2 heterocycles. The molecule has 2 aromatic carbocycles. The van der Waals surface area contributed by atoms with Crippen LogP contribution in [0.15, 0.2) is 54.9 Å². The highest BCUT2D eigenvalue weighted by atomic mass is 35.5. The Morgan fingerprint density at radius 3 is 2.66 bits per heavy atom. The average molecular weight is 418 g/mol. The monoisotopic (exact) mass is 417 g/mol. The molecule has 0 N–H and O–H groups in total. The fourth-order valence-corrected chi connectivity index (χ4v) is 3.49. The summed E-state index contributed by atoms with van der Waals surface area (Å²) < 4.78 is 34.0. The summed E-state index contributed by atoms with van der Waals surface area (Å²) >= 11 is 6.00. The minimum Gasteiger partial charge on any atom is -0.487 e. The number of carbonyl (C=O) groups excluding carboxylic acids is 1. The lowest BCUT2D eigenvalue weighted by molar-refractivity contribution is 0.0588. The molecule has 0 atom stereocenters. The van der Waals surface area contributed by atoms with E-state index in [4.69, 9.17) is 16.3 Å². The fourth-order valence-electron chi connectivity index (χ4n) is 3.30. The molecule has 29 heavy (non-hydrogen) atoms. The smallest absolute Gasteiger partial charge is 0.257 e. The molecule has 8 heteroatoms. The number of amides is 1. The van der Waals surface area contributed by atoms with Crippen LogP contribution in [-0.2, 0) is 0 Å². The van der Waals surface area contributed by atoms with E-state index in [0.717, 1.165) is 17.8 Å². The number of aromatic nitrogens is 2. The van der Waals surface area contributed by atoms with Crippen molar-refractivity contribution in [1.82, 2.24) is 14.7 Å². The molecule has 0 unspecified atom stereocenters. The molecule has 0 saturated carbocycles. The molecule has 150 valence electrons. The van der Waals surface area contributed by atoms with Crippen molar-refractivity contribution in [1.29, 1.82) is 0 Å². The maximum Gasteiger partial charge on any atom is 0.257 e. The van der Waals surface area contributed by atoms with Gasteiger partial charge < -0.3 is 9.64 Å². The third kappa shape index (κ3) is 4.40. The summed E-state index contributed by atoms with van der Waals surface area (Å²) in [6, 6.07) is 10.4. The van der Waals surface area contributed by atoms with Crippen molar-refractivity contribution in [3.8, 4) is 11.4 Å². The highest BCUT2D eigenvalue weighted by Crippen LogP contribution is 2.24. The van der Waals surface area contributed by atoms with Crippen molar-refractivity contribution >= 4 is 17.5 Å². The molecule has 0 bridgehead atoms. The van der Waals surface area contributed by atoms with Gasteiger partial charge in [-0.15, -0.1) is 0 Å². The Kier molecular flexibility index (Phi) is 5.49. The van der Waals surface area contributed by atoms with Crippen LogP contribution in [0.1, 0.15) is 23.2 Å². The molecule has 0 spiro atoms. The first-order chi connectivity index (χ1) is 14.0. The maximum atomic E-state index is 13.8. The van der Waals surface area contributed by atoms with Gasteiger partial charge in [-0.1, -0.05) is 17.7 Å². The zero-order valence-corrected chi connectivity index (χ0v) is 16.1. The third-order valence-corrected chi connectivity index (χ3v) is 5.05. The van der Waals surface area contributed by atoms with Gasteiger partial charge in [0, 0.05) is 43.2 Å². The predicted molar refractivity (Wildman–Crippen MR) is 104 cm³/mol. The molecular weight excluding hydrogens is 400 g/mol. The Morgan fingerprint density at radius 2 is 1.93 bits per heavy atom. The summed E-state index contributed by atoms with van der Waals surface area (Å²) in [5.74, 6) is -1.46. The van der Waals surface area contributed by atoms with Crippen molar-refractivity contribution in [2.75, 3.05) is 13.1 Å². The highest BCUT2D eigenvalue weighted by Gasteiger charge is 2.26. The molecule has 5 nitrogen and oxygen atoms in total. The van der Waals surface area contributed by atoms with Crippen molar-refractivity contribution in [2.24, 2.45) is 0 Å². The molecule has 1 aromatic heterocycles. The zero-order valence-electron chi connectivity index (χ0n) is 15.4. The second-order valence-corrected chi connectivity index (χ2v) is 7.27. The van der Waals surface area contributed by atoms with E-state index in [1.54, 1.807) is 27.9 Å². The van der Waals surface area contributed by atoms with Gasteiger partial charge in [0.1, 0.15) is 11.9 Å². The Bertz CT molecular complexity index is 1030. The van der Waals surface area contributed by atoms with Gasteiger partial charge in [-0.05, 0) is 30.3 Å². The van der Waals surface area contributed by atoms with E-state index in [1.165, 1.54) is 12.3 Å². The van der Waals surface area contributed by atoms with E-state index in [9.17, 15) is 13.6 Å². The SMILES string of the molecule is O=C(c1cnn(-c2cccc(Cl)c2)c1)N1CCC(Oc2ccc(F)cc2F)CC1. The van der Waals surface area contributed by atoms with Crippen LogP contribution in [0, 0.1) is 11.6 Å². The first kappa shape index (κ1) is 19.4. The Hall–Kier alpha value is -2.93. The first-order valence-electron chi connectivity index (χ1n) is 9.21. The number of benzene rings is 2. The second-order valence-electron chi connectivity index (χ2n) is 6.84. The van der Waals surface area contributed by atoms with Gasteiger partial charge in [-0.2, -0.15) is 5.10 Å². The minimum atomic E-state index is -0.725. The molecule has 1 saturated heterocycles. The van der Waals surface area contributed by atoms with Crippen molar-refractivity contribution < 1.29 is 18.3 Å². The molecule has 1 aliphatic heterocycles. The summed E-state index contributed by atoms with van der Waals surface area (Å²) in [5, 5.41) is 4.83. The van der Waals surface area contributed by atoms with Crippen LogP contribution < -0.4 is 4.74 Å². The molecule has 0 radical (unpaired) electrons. The van der Waals surface area contributed by atoms with Crippen molar-refractivity contribution in [2.45, 2.75) is 18.9 Å². The zero-order chi connectivity index (χ0) is 20.4. The van der Waals surface area contributed by atoms with E-state index in [-0.39, 0.29) is 17.8 Å². The molecule has 1 fully saturated rings. The summed E-state index contributed by atoms with van der Waals surface area (Å²) in [5.41, 5.74) is 1.25. The number of hydrogen-bond acceptors (Lipinski definition) is 3. The number of ether oxygens (including phenoxy) is 1. The van der Waals surface area contributed by atoms with E-state index < -0.39 is 11.6 Å². The lowest BCUT2D eigenvalue weighted by atomic mass is 10.1. The van der Waals surface area contributed by atoms with Crippen LogP contribution in [0.25, 0.3) is 5.69 Å². The van der Waals surface area contributed by atoms with Gasteiger partial charge in [0.2, 0.25) is 0 Å².